The first-order valence-electron chi connectivity index (χ1n) is 7.70. The number of carbonyl (C=O) groups is 3. The SMILES string of the molecule is CNCCCNC(=O)CN1C(=O)NC(C)(c2ccc(F)cc2)C1=O. The molecule has 130 valence electrons. The highest BCUT2D eigenvalue weighted by atomic mass is 19.1. The number of nitrogens with zero attached hydrogens (tertiary/aromatic N) is 1. The lowest BCUT2D eigenvalue weighted by molar-refractivity contribution is -0.134. The number of hydrogen-bond acceptors (Lipinski definition) is 4. The molecule has 1 fully saturated rings. The summed E-state index contributed by atoms with van der Waals surface area (Å²) in [5, 5.41) is 8.19. The summed E-state index contributed by atoms with van der Waals surface area (Å²) < 4.78 is 13.1. The van der Waals surface area contributed by atoms with Crippen LogP contribution >= 0.6 is 0 Å². The molecule has 0 bridgehead atoms. The summed E-state index contributed by atoms with van der Waals surface area (Å²) in [4.78, 5) is 37.4. The van der Waals surface area contributed by atoms with Crippen molar-refractivity contribution < 1.29 is 18.8 Å². The van der Waals surface area contributed by atoms with E-state index in [9.17, 15) is 18.8 Å². The zero-order valence-corrected chi connectivity index (χ0v) is 13.7. The third-order valence-electron chi connectivity index (χ3n) is 3.92. The minimum absolute atomic E-state index is 0.346. The molecule has 0 radical (unpaired) electrons. The third-order valence-corrected chi connectivity index (χ3v) is 3.92. The molecule has 1 aromatic carbocycles. The third kappa shape index (κ3) is 3.70. The monoisotopic (exact) mass is 336 g/mol. The molecular formula is C16H21FN4O3. The molecule has 0 spiro atoms. The highest BCUT2D eigenvalue weighted by Crippen LogP contribution is 2.28. The average Bonchev–Trinajstić information content (AvgIpc) is 2.76. The van der Waals surface area contributed by atoms with Gasteiger partial charge in [-0.05, 0) is 44.6 Å². The van der Waals surface area contributed by atoms with E-state index in [1.165, 1.54) is 31.2 Å². The molecule has 4 amide bonds. The Labute approximate surface area is 139 Å². The van der Waals surface area contributed by atoms with Crippen LogP contribution in [0.4, 0.5) is 9.18 Å². The second-order valence-electron chi connectivity index (χ2n) is 5.76. The molecule has 0 saturated carbocycles. The molecule has 1 aliphatic rings. The van der Waals surface area contributed by atoms with Crippen molar-refractivity contribution in [1.82, 2.24) is 20.9 Å². The van der Waals surface area contributed by atoms with Crippen molar-refractivity contribution in [2.45, 2.75) is 18.9 Å². The van der Waals surface area contributed by atoms with Gasteiger partial charge in [-0.25, -0.2) is 9.18 Å². The van der Waals surface area contributed by atoms with Crippen LogP contribution in [-0.2, 0) is 15.1 Å². The summed E-state index contributed by atoms with van der Waals surface area (Å²) in [6.45, 7) is 2.40. The molecule has 0 aromatic heterocycles. The Kier molecular flexibility index (Phi) is 5.50. The van der Waals surface area contributed by atoms with Gasteiger partial charge in [-0.1, -0.05) is 12.1 Å². The lowest BCUT2D eigenvalue weighted by atomic mass is 9.92. The van der Waals surface area contributed by atoms with Crippen molar-refractivity contribution in [2.75, 3.05) is 26.7 Å². The number of nitrogens with one attached hydrogen (secondary N) is 3. The van der Waals surface area contributed by atoms with Gasteiger partial charge in [0.2, 0.25) is 5.91 Å². The zero-order chi connectivity index (χ0) is 17.7. The number of rotatable bonds is 7. The standard InChI is InChI=1S/C16H21FN4O3/c1-16(11-4-6-12(17)7-5-11)14(23)21(15(24)20-16)10-13(22)19-9-3-8-18-2/h4-7,18H,3,8-10H2,1-2H3,(H,19,22)(H,20,24). The molecule has 1 heterocycles. The van der Waals surface area contributed by atoms with E-state index in [0.717, 1.165) is 17.9 Å². The zero-order valence-electron chi connectivity index (χ0n) is 13.7. The minimum Gasteiger partial charge on any atom is -0.354 e. The quantitative estimate of drug-likeness (QED) is 0.494. The van der Waals surface area contributed by atoms with E-state index >= 15 is 0 Å². The van der Waals surface area contributed by atoms with Crippen molar-refractivity contribution in [3.8, 4) is 0 Å². The number of imide groups is 1. The highest BCUT2D eigenvalue weighted by molar-refractivity contribution is 6.09. The topological polar surface area (TPSA) is 90.5 Å². The molecule has 1 aliphatic heterocycles. The number of amides is 4. The van der Waals surface area contributed by atoms with Gasteiger partial charge in [0, 0.05) is 6.54 Å². The van der Waals surface area contributed by atoms with Gasteiger partial charge < -0.3 is 16.0 Å². The first-order chi connectivity index (χ1) is 11.4. The van der Waals surface area contributed by atoms with Crippen LogP contribution in [-0.4, -0.2) is 49.4 Å². The highest BCUT2D eigenvalue weighted by Gasteiger charge is 2.49. The van der Waals surface area contributed by atoms with Crippen LogP contribution in [0.3, 0.4) is 0 Å². The Morgan fingerprint density at radius 3 is 2.54 bits per heavy atom. The van der Waals surface area contributed by atoms with Crippen LogP contribution in [0.5, 0.6) is 0 Å². The molecule has 8 heteroatoms. The Balaban J connectivity index is 2.03. The van der Waals surface area contributed by atoms with Crippen LogP contribution in [0.15, 0.2) is 24.3 Å². The van der Waals surface area contributed by atoms with Crippen molar-refractivity contribution in [2.24, 2.45) is 0 Å². The van der Waals surface area contributed by atoms with Gasteiger partial charge in [0.15, 0.2) is 0 Å². The second-order valence-corrected chi connectivity index (χ2v) is 5.76. The van der Waals surface area contributed by atoms with Crippen molar-refractivity contribution in [3.05, 3.63) is 35.6 Å². The summed E-state index contributed by atoms with van der Waals surface area (Å²) in [5.74, 6) is -1.38. The fourth-order valence-corrected chi connectivity index (χ4v) is 2.51. The summed E-state index contributed by atoms with van der Waals surface area (Å²) in [7, 11) is 1.81. The number of benzene rings is 1. The van der Waals surface area contributed by atoms with E-state index in [4.69, 9.17) is 0 Å². The van der Waals surface area contributed by atoms with Gasteiger partial charge in [-0.3, -0.25) is 14.5 Å². The number of halogens is 1. The van der Waals surface area contributed by atoms with E-state index in [2.05, 4.69) is 16.0 Å². The molecule has 7 nitrogen and oxygen atoms in total. The van der Waals surface area contributed by atoms with E-state index in [-0.39, 0.29) is 6.54 Å². The molecular weight excluding hydrogens is 315 g/mol. The summed E-state index contributed by atoms with van der Waals surface area (Å²) in [6, 6.07) is 4.68. The second kappa shape index (κ2) is 7.39. The van der Waals surface area contributed by atoms with E-state index in [1.54, 1.807) is 0 Å². The van der Waals surface area contributed by atoms with E-state index < -0.39 is 29.2 Å². The number of hydrogen-bond donors (Lipinski definition) is 3. The number of carbonyl (C=O) groups excluding carboxylic acids is 3. The van der Waals surface area contributed by atoms with Gasteiger partial charge >= 0.3 is 6.03 Å². The van der Waals surface area contributed by atoms with Gasteiger partial charge in [-0.15, -0.1) is 0 Å². The Morgan fingerprint density at radius 2 is 1.92 bits per heavy atom. The predicted octanol–water partition coefficient (Wildman–Crippen LogP) is 0.318. The van der Waals surface area contributed by atoms with Crippen LogP contribution in [0.1, 0.15) is 18.9 Å². The average molecular weight is 336 g/mol. The Bertz CT molecular complexity index is 635. The van der Waals surface area contributed by atoms with Crippen LogP contribution in [0, 0.1) is 5.82 Å². The van der Waals surface area contributed by atoms with Crippen molar-refractivity contribution in [3.63, 3.8) is 0 Å². The molecule has 1 atom stereocenters. The van der Waals surface area contributed by atoms with E-state index in [0.29, 0.717) is 12.1 Å². The van der Waals surface area contributed by atoms with Crippen LogP contribution in [0.2, 0.25) is 0 Å². The van der Waals surface area contributed by atoms with Gasteiger partial charge in [-0.2, -0.15) is 0 Å². The maximum absolute atomic E-state index is 13.1. The lowest BCUT2D eigenvalue weighted by Gasteiger charge is -2.22. The van der Waals surface area contributed by atoms with Crippen molar-refractivity contribution >= 4 is 17.8 Å². The predicted molar refractivity (Wildman–Crippen MR) is 85.6 cm³/mol. The largest absolute Gasteiger partial charge is 0.354 e. The lowest BCUT2D eigenvalue weighted by Crippen LogP contribution is -2.43. The van der Waals surface area contributed by atoms with Gasteiger partial charge in [0.05, 0.1) is 0 Å². The molecule has 1 aromatic rings. The first kappa shape index (κ1) is 17.9. The molecule has 24 heavy (non-hydrogen) atoms. The Hall–Kier alpha value is -2.48. The minimum atomic E-state index is -1.31. The number of urea groups is 1. The normalized spacial score (nSPS) is 20.2. The first-order valence-corrected chi connectivity index (χ1v) is 7.70. The summed E-state index contributed by atoms with van der Waals surface area (Å²) in [6.07, 6.45) is 0.746. The van der Waals surface area contributed by atoms with Gasteiger partial charge in [0.1, 0.15) is 17.9 Å². The van der Waals surface area contributed by atoms with E-state index in [1.807, 2.05) is 7.05 Å². The van der Waals surface area contributed by atoms with Crippen molar-refractivity contribution in [1.29, 1.82) is 0 Å². The Morgan fingerprint density at radius 1 is 1.25 bits per heavy atom. The van der Waals surface area contributed by atoms with Gasteiger partial charge in [0.25, 0.3) is 5.91 Å². The molecule has 3 N–H and O–H groups in total. The maximum Gasteiger partial charge on any atom is 0.325 e. The smallest absolute Gasteiger partial charge is 0.325 e. The maximum atomic E-state index is 13.1. The molecule has 1 unspecified atom stereocenters. The molecule has 2 rings (SSSR count). The van der Waals surface area contributed by atoms with Crippen LogP contribution < -0.4 is 16.0 Å². The summed E-state index contributed by atoms with van der Waals surface area (Å²) in [5.41, 5.74) is -0.851. The molecule has 0 aliphatic carbocycles. The summed E-state index contributed by atoms with van der Waals surface area (Å²) >= 11 is 0. The fourth-order valence-electron chi connectivity index (χ4n) is 2.51. The fraction of sp³-hybridized carbons (Fsp3) is 0.438. The van der Waals surface area contributed by atoms with Crippen LogP contribution in [0.25, 0.3) is 0 Å². The molecule has 1 saturated heterocycles.